The van der Waals surface area contributed by atoms with Gasteiger partial charge in [0, 0.05) is 30.8 Å². The number of anilines is 3. The van der Waals surface area contributed by atoms with Crippen molar-refractivity contribution in [1.29, 1.82) is 0 Å². The molecular formula is C23H28N6OS. The molecule has 0 aliphatic carbocycles. The van der Waals surface area contributed by atoms with Gasteiger partial charge in [0.15, 0.2) is 0 Å². The molecular weight excluding hydrogens is 408 g/mol. The number of amides is 1. The van der Waals surface area contributed by atoms with Crippen molar-refractivity contribution in [2.45, 2.75) is 45.6 Å². The molecule has 3 heterocycles. The summed E-state index contributed by atoms with van der Waals surface area (Å²) in [6.07, 6.45) is 3.09. The molecule has 4 rings (SSSR count). The fourth-order valence-corrected chi connectivity index (χ4v) is 4.53. The van der Waals surface area contributed by atoms with Crippen molar-refractivity contribution in [3.8, 4) is 0 Å². The van der Waals surface area contributed by atoms with Crippen LogP contribution in [-0.2, 0) is 17.8 Å². The van der Waals surface area contributed by atoms with Crippen LogP contribution in [0.15, 0.2) is 42.5 Å². The predicted octanol–water partition coefficient (Wildman–Crippen LogP) is 4.58. The van der Waals surface area contributed by atoms with E-state index in [0.29, 0.717) is 5.92 Å². The van der Waals surface area contributed by atoms with Crippen LogP contribution >= 0.6 is 11.3 Å². The van der Waals surface area contributed by atoms with Crippen LogP contribution in [0.5, 0.6) is 0 Å². The van der Waals surface area contributed by atoms with Gasteiger partial charge in [-0.25, -0.2) is 4.98 Å². The summed E-state index contributed by atoms with van der Waals surface area (Å²) in [5.74, 6) is 1.26. The third-order valence-corrected chi connectivity index (χ3v) is 6.44. The minimum absolute atomic E-state index is 0.0447. The Morgan fingerprint density at radius 2 is 1.90 bits per heavy atom. The van der Waals surface area contributed by atoms with Crippen molar-refractivity contribution in [2.24, 2.45) is 0 Å². The molecule has 0 atom stereocenters. The monoisotopic (exact) mass is 436 g/mol. The maximum absolute atomic E-state index is 11.2. The van der Waals surface area contributed by atoms with Gasteiger partial charge in [-0.1, -0.05) is 36.5 Å². The van der Waals surface area contributed by atoms with E-state index in [-0.39, 0.29) is 5.91 Å². The Morgan fingerprint density at radius 3 is 2.58 bits per heavy atom. The van der Waals surface area contributed by atoms with Crippen LogP contribution in [0.4, 0.5) is 16.6 Å². The van der Waals surface area contributed by atoms with E-state index >= 15 is 0 Å². The third kappa shape index (κ3) is 5.86. The summed E-state index contributed by atoms with van der Waals surface area (Å²) in [6.45, 7) is 6.63. The molecule has 0 saturated carbocycles. The lowest BCUT2D eigenvalue weighted by Gasteiger charge is -2.31. The SMILES string of the molecule is CCc1nnc(Nc2cccc(C3CCN(Cc4ccc(NC(C)=O)cc4)CC3)n2)s1. The molecule has 0 unspecified atom stereocenters. The van der Waals surface area contributed by atoms with Gasteiger partial charge in [0.2, 0.25) is 11.0 Å². The van der Waals surface area contributed by atoms with Gasteiger partial charge in [-0.3, -0.25) is 9.69 Å². The first-order chi connectivity index (χ1) is 15.1. The van der Waals surface area contributed by atoms with Gasteiger partial charge < -0.3 is 10.6 Å². The normalized spacial score (nSPS) is 15.0. The topological polar surface area (TPSA) is 83.0 Å². The first-order valence-corrected chi connectivity index (χ1v) is 11.6. The Kier molecular flexibility index (Phi) is 6.89. The number of nitrogens with zero attached hydrogens (tertiary/aromatic N) is 4. The highest BCUT2D eigenvalue weighted by atomic mass is 32.1. The summed E-state index contributed by atoms with van der Waals surface area (Å²) in [4.78, 5) is 18.5. The molecule has 1 saturated heterocycles. The molecule has 1 aliphatic rings. The van der Waals surface area contributed by atoms with E-state index in [0.717, 1.165) is 66.2 Å². The van der Waals surface area contributed by atoms with Crippen LogP contribution in [0, 0.1) is 0 Å². The van der Waals surface area contributed by atoms with Gasteiger partial charge in [-0.15, -0.1) is 10.2 Å². The average Bonchev–Trinajstić information content (AvgIpc) is 3.23. The van der Waals surface area contributed by atoms with Crippen LogP contribution in [0.1, 0.15) is 48.9 Å². The zero-order chi connectivity index (χ0) is 21.6. The van der Waals surface area contributed by atoms with Crippen LogP contribution in [0.3, 0.4) is 0 Å². The van der Waals surface area contributed by atoms with Crippen LogP contribution in [0.25, 0.3) is 0 Å². The van der Waals surface area contributed by atoms with E-state index < -0.39 is 0 Å². The molecule has 2 N–H and O–H groups in total. The van der Waals surface area contributed by atoms with E-state index in [1.165, 1.54) is 12.5 Å². The summed E-state index contributed by atoms with van der Waals surface area (Å²) >= 11 is 1.57. The highest BCUT2D eigenvalue weighted by molar-refractivity contribution is 7.15. The Bertz CT molecular complexity index is 1010. The molecule has 8 heteroatoms. The van der Waals surface area contributed by atoms with Crippen molar-refractivity contribution < 1.29 is 4.79 Å². The smallest absolute Gasteiger partial charge is 0.221 e. The van der Waals surface area contributed by atoms with Gasteiger partial charge in [0.25, 0.3) is 0 Å². The summed E-state index contributed by atoms with van der Waals surface area (Å²) in [5.41, 5.74) is 3.25. The lowest BCUT2D eigenvalue weighted by molar-refractivity contribution is -0.114. The Labute approximate surface area is 186 Å². The lowest BCUT2D eigenvalue weighted by Crippen LogP contribution is -2.32. The van der Waals surface area contributed by atoms with Gasteiger partial charge >= 0.3 is 0 Å². The van der Waals surface area contributed by atoms with Gasteiger partial charge in [-0.05, 0) is 62.2 Å². The number of carbonyl (C=O) groups excluding carboxylic acids is 1. The van der Waals surface area contributed by atoms with E-state index in [9.17, 15) is 4.79 Å². The maximum atomic E-state index is 11.2. The quantitative estimate of drug-likeness (QED) is 0.564. The molecule has 2 aromatic heterocycles. The molecule has 31 heavy (non-hydrogen) atoms. The number of piperidine rings is 1. The largest absolute Gasteiger partial charge is 0.326 e. The van der Waals surface area contributed by atoms with Gasteiger partial charge in [0.1, 0.15) is 10.8 Å². The number of hydrogen-bond acceptors (Lipinski definition) is 7. The highest BCUT2D eigenvalue weighted by Gasteiger charge is 2.22. The number of rotatable bonds is 7. The molecule has 3 aromatic rings. The second-order valence-corrected chi connectivity index (χ2v) is 8.92. The highest BCUT2D eigenvalue weighted by Crippen LogP contribution is 2.29. The summed E-state index contributed by atoms with van der Waals surface area (Å²) in [6, 6.07) is 14.3. The maximum Gasteiger partial charge on any atom is 0.221 e. The summed E-state index contributed by atoms with van der Waals surface area (Å²) < 4.78 is 0. The Morgan fingerprint density at radius 1 is 1.13 bits per heavy atom. The predicted molar refractivity (Wildman–Crippen MR) is 125 cm³/mol. The molecule has 162 valence electrons. The second kappa shape index (κ2) is 9.98. The Hall–Kier alpha value is -2.84. The van der Waals surface area contributed by atoms with Gasteiger partial charge in [-0.2, -0.15) is 0 Å². The molecule has 1 amide bonds. The second-order valence-electron chi connectivity index (χ2n) is 7.86. The van der Waals surface area contributed by atoms with Crippen molar-refractivity contribution in [1.82, 2.24) is 20.1 Å². The standard InChI is InChI=1S/C23H28N6OS/c1-3-22-27-28-23(31-22)26-21-6-4-5-20(25-21)18-11-13-29(14-12-18)15-17-7-9-19(10-8-17)24-16(2)30/h4-10,18H,3,11-15H2,1-2H3,(H,24,30)(H,25,26,28). The molecule has 1 aromatic carbocycles. The summed E-state index contributed by atoms with van der Waals surface area (Å²) in [5, 5.41) is 16.3. The fourth-order valence-electron chi connectivity index (χ4n) is 3.85. The van der Waals surface area contributed by atoms with Crippen molar-refractivity contribution in [3.63, 3.8) is 0 Å². The average molecular weight is 437 g/mol. The van der Waals surface area contributed by atoms with Crippen LogP contribution < -0.4 is 10.6 Å². The van der Waals surface area contributed by atoms with E-state index in [4.69, 9.17) is 4.98 Å². The Balaban J connectivity index is 1.30. The van der Waals surface area contributed by atoms with E-state index in [1.54, 1.807) is 11.3 Å². The fraction of sp³-hybridized carbons (Fsp3) is 0.391. The molecule has 7 nitrogen and oxygen atoms in total. The first kappa shape index (κ1) is 21.4. The number of pyridine rings is 1. The number of aromatic nitrogens is 3. The molecule has 0 spiro atoms. The molecule has 1 fully saturated rings. The van der Waals surface area contributed by atoms with Crippen molar-refractivity contribution >= 4 is 33.9 Å². The minimum Gasteiger partial charge on any atom is -0.326 e. The number of nitrogens with one attached hydrogen (secondary N) is 2. The van der Waals surface area contributed by atoms with Crippen LogP contribution in [-0.4, -0.2) is 39.1 Å². The van der Waals surface area contributed by atoms with Crippen molar-refractivity contribution in [2.75, 3.05) is 23.7 Å². The minimum atomic E-state index is -0.0447. The molecule has 0 bridgehead atoms. The zero-order valence-corrected chi connectivity index (χ0v) is 18.8. The number of aryl methyl sites for hydroxylation is 1. The molecule has 1 aliphatic heterocycles. The van der Waals surface area contributed by atoms with Gasteiger partial charge in [0.05, 0.1) is 0 Å². The number of carbonyl (C=O) groups is 1. The third-order valence-electron chi connectivity index (χ3n) is 5.46. The first-order valence-electron chi connectivity index (χ1n) is 10.7. The lowest BCUT2D eigenvalue weighted by atomic mass is 9.93. The van der Waals surface area contributed by atoms with E-state index in [2.05, 4.69) is 56.9 Å². The zero-order valence-electron chi connectivity index (χ0n) is 18.0. The van der Waals surface area contributed by atoms with E-state index in [1.807, 2.05) is 18.2 Å². The molecule has 0 radical (unpaired) electrons. The number of hydrogen-bond donors (Lipinski definition) is 2. The van der Waals surface area contributed by atoms with Crippen LogP contribution in [0.2, 0.25) is 0 Å². The number of likely N-dealkylation sites (tertiary alicyclic amines) is 1. The summed E-state index contributed by atoms with van der Waals surface area (Å²) in [7, 11) is 0. The number of benzene rings is 1. The van der Waals surface area contributed by atoms with Crippen molar-refractivity contribution in [3.05, 3.63) is 58.7 Å².